The van der Waals surface area contributed by atoms with Crippen LogP contribution in [0.15, 0.2) is 30.9 Å². The molecule has 0 aromatic carbocycles. The lowest BCUT2D eigenvalue weighted by Gasteiger charge is -2.27. The Labute approximate surface area is 227 Å². The summed E-state index contributed by atoms with van der Waals surface area (Å²) in [5.74, 6) is 0.626. The van der Waals surface area contributed by atoms with Gasteiger partial charge >= 0.3 is 12.1 Å². The minimum absolute atomic E-state index is 0.00310. The van der Waals surface area contributed by atoms with Crippen molar-refractivity contribution >= 4 is 52.6 Å². The third-order valence-corrected chi connectivity index (χ3v) is 6.73. The fourth-order valence-corrected chi connectivity index (χ4v) is 4.70. The van der Waals surface area contributed by atoms with Crippen molar-refractivity contribution in [3.63, 3.8) is 0 Å². The van der Waals surface area contributed by atoms with Gasteiger partial charge in [-0.2, -0.15) is 19.6 Å². The molecular weight excluding hydrogens is 526 g/mol. The van der Waals surface area contributed by atoms with Crippen molar-refractivity contribution in [2.75, 3.05) is 23.4 Å². The number of rotatable bonds is 5. The standard InChI is InChI=1S/C25H26ClN9O4/c1-25(2,3)39-24(38)34(19-8-18(26)30-22-27-13-28-35(19)22)11-16-10-32-9-15(14-5-6-14)7-17(21(32)29-16)33-12-20(36)31(4)23(33)37/h7-10,13-14H,5-6,11-12H2,1-4H3. The summed E-state index contributed by atoms with van der Waals surface area (Å²) in [7, 11) is 1.47. The highest BCUT2D eigenvalue weighted by molar-refractivity contribution is 6.29. The number of anilines is 2. The Morgan fingerprint density at radius 2 is 1.95 bits per heavy atom. The maximum absolute atomic E-state index is 13.4. The van der Waals surface area contributed by atoms with Gasteiger partial charge in [-0.05, 0) is 51.2 Å². The molecule has 202 valence electrons. The summed E-state index contributed by atoms with van der Waals surface area (Å²) in [5.41, 5.74) is 1.85. The van der Waals surface area contributed by atoms with E-state index < -0.39 is 17.7 Å². The van der Waals surface area contributed by atoms with Gasteiger partial charge in [-0.3, -0.25) is 19.5 Å². The number of amides is 4. The van der Waals surface area contributed by atoms with E-state index in [0.29, 0.717) is 28.8 Å². The number of carbonyl (C=O) groups is 3. The SMILES string of the molecule is CN1C(=O)CN(c2cc(C3CC3)cn3cc(CN(C(=O)OC(C)(C)C)c4cc(Cl)nc5ncnn45)nc23)C1=O. The van der Waals surface area contributed by atoms with Gasteiger partial charge in [-0.15, -0.1) is 0 Å². The molecule has 1 aliphatic carbocycles. The average molecular weight is 552 g/mol. The predicted octanol–water partition coefficient (Wildman–Crippen LogP) is 3.64. The highest BCUT2D eigenvalue weighted by Crippen LogP contribution is 2.42. The lowest BCUT2D eigenvalue weighted by molar-refractivity contribution is -0.123. The Morgan fingerprint density at radius 1 is 1.18 bits per heavy atom. The van der Waals surface area contributed by atoms with Crippen molar-refractivity contribution in [1.82, 2.24) is 33.9 Å². The monoisotopic (exact) mass is 551 g/mol. The zero-order chi connectivity index (χ0) is 27.6. The molecule has 2 fully saturated rings. The molecule has 0 unspecified atom stereocenters. The van der Waals surface area contributed by atoms with Gasteiger partial charge in [-0.1, -0.05) is 11.6 Å². The number of halogens is 1. The largest absolute Gasteiger partial charge is 0.443 e. The van der Waals surface area contributed by atoms with Gasteiger partial charge in [-0.25, -0.2) is 14.6 Å². The normalized spacial score (nSPS) is 16.1. The lowest BCUT2D eigenvalue weighted by Crippen LogP contribution is -2.37. The second-order valence-corrected chi connectivity index (χ2v) is 11.1. The van der Waals surface area contributed by atoms with Gasteiger partial charge in [0.1, 0.15) is 29.4 Å². The molecule has 13 nitrogen and oxygen atoms in total. The minimum Gasteiger partial charge on any atom is -0.443 e. The van der Waals surface area contributed by atoms with Crippen LogP contribution >= 0.6 is 11.6 Å². The number of carbonyl (C=O) groups excluding carboxylic acids is 3. The topological polar surface area (TPSA) is 131 Å². The van der Waals surface area contributed by atoms with Crippen molar-refractivity contribution in [2.24, 2.45) is 0 Å². The predicted molar refractivity (Wildman–Crippen MR) is 141 cm³/mol. The van der Waals surface area contributed by atoms with Crippen molar-refractivity contribution in [2.45, 2.75) is 51.7 Å². The number of pyridine rings is 1. The number of nitrogens with zero attached hydrogens (tertiary/aromatic N) is 9. The summed E-state index contributed by atoms with van der Waals surface area (Å²) in [6, 6.07) is 3.03. The van der Waals surface area contributed by atoms with Crippen molar-refractivity contribution in [1.29, 1.82) is 0 Å². The first-order chi connectivity index (χ1) is 18.5. The maximum Gasteiger partial charge on any atom is 0.416 e. The smallest absolute Gasteiger partial charge is 0.416 e. The molecular formula is C25H26ClN9O4. The summed E-state index contributed by atoms with van der Waals surface area (Å²) in [5, 5.41) is 4.33. The maximum atomic E-state index is 13.4. The molecule has 0 radical (unpaired) electrons. The third-order valence-electron chi connectivity index (χ3n) is 6.54. The first-order valence-corrected chi connectivity index (χ1v) is 12.8. The zero-order valence-electron chi connectivity index (χ0n) is 21.8. The van der Waals surface area contributed by atoms with Crippen molar-refractivity contribution < 1.29 is 19.1 Å². The van der Waals surface area contributed by atoms with Crippen LogP contribution in [-0.4, -0.2) is 71.1 Å². The number of likely N-dealkylation sites (N-methyl/N-ethyl adjacent to an activating group) is 1. The van der Waals surface area contributed by atoms with Gasteiger partial charge < -0.3 is 9.14 Å². The second kappa shape index (κ2) is 8.90. The summed E-state index contributed by atoms with van der Waals surface area (Å²) >= 11 is 6.25. The average Bonchev–Trinajstić information content (AvgIpc) is 3.37. The van der Waals surface area contributed by atoms with Gasteiger partial charge in [0.25, 0.3) is 5.78 Å². The van der Waals surface area contributed by atoms with E-state index in [4.69, 9.17) is 21.3 Å². The Morgan fingerprint density at radius 3 is 2.62 bits per heavy atom. The lowest BCUT2D eigenvalue weighted by atomic mass is 10.1. The molecule has 14 heteroatoms. The van der Waals surface area contributed by atoms with Gasteiger partial charge in [0, 0.05) is 25.5 Å². The van der Waals surface area contributed by atoms with Crippen LogP contribution in [-0.2, 0) is 16.1 Å². The molecule has 6 rings (SSSR count). The van der Waals surface area contributed by atoms with Crippen LogP contribution in [0.2, 0.25) is 5.15 Å². The molecule has 4 amide bonds. The number of aromatic nitrogens is 6. The summed E-state index contributed by atoms with van der Waals surface area (Å²) in [6.45, 7) is 5.25. The van der Waals surface area contributed by atoms with Crippen molar-refractivity contribution in [3.05, 3.63) is 47.3 Å². The minimum atomic E-state index is -0.770. The molecule has 4 aromatic heterocycles. The van der Waals surface area contributed by atoms with Crippen molar-refractivity contribution in [3.8, 4) is 0 Å². The first kappa shape index (κ1) is 25.0. The van der Waals surface area contributed by atoms with E-state index in [1.165, 1.54) is 33.8 Å². The van der Waals surface area contributed by atoms with E-state index in [1.54, 1.807) is 27.0 Å². The Hall–Kier alpha value is -4.26. The van der Waals surface area contributed by atoms with Crippen LogP contribution in [0.5, 0.6) is 0 Å². The van der Waals surface area contributed by atoms with E-state index >= 15 is 0 Å². The Balaban J connectivity index is 1.45. The van der Waals surface area contributed by atoms with Crippen LogP contribution in [0.1, 0.15) is 50.8 Å². The molecule has 0 spiro atoms. The second-order valence-electron chi connectivity index (χ2n) is 10.7. The van der Waals surface area contributed by atoms with Crippen LogP contribution in [0.25, 0.3) is 11.4 Å². The van der Waals surface area contributed by atoms with Crippen LogP contribution in [0, 0.1) is 0 Å². The highest BCUT2D eigenvalue weighted by atomic mass is 35.5. The molecule has 1 aliphatic heterocycles. The number of urea groups is 1. The number of ether oxygens (including phenoxy) is 1. The number of fused-ring (bicyclic) bond motifs is 2. The van der Waals surface area contributed by atoms with Crippen LogP contribution in [0.4, 0.5) is 21.1 Å². The number of hydrogen-bond donors (Lipinski definition) is 0. The molecule has 2 aliphatic rings. The summed E-state index contributed by atoms with van der Waals surface area (Å²) in [4.78, 5) is 55.5. The molecule has 0 N–H and O–H groups in total. The highest BCUT2D eigenvalue weighted by Gasteiger charge is 2.37. The number of hydrogen-bond acceptors (Lipinski definition) is 8. The molecule has 1 saturated heterocycles. The van der Waals surface area contributed by atoms with Gasteiger partial charge in [0.2, 0.25) is 5.91 Å². The molecule has 5 heterocycles. The fraction of sp³-hybridized carbons (Fsp3) is 0.400. The van der Waals surface area contributed by atoms with Gasteiger partial charge in [0.15, 0.2) is 5.65 Å². The first-order valence-electron chi connectivity index (χ1n) is 12.4. The van der Waals surface area contributed by atoms with Gasteiger partial charge in [0.05, 0.1) is 17.9 Å². The molecule has 39 heavy (non-hydrogen) atoms. The molecule has 0 atom stereocenters. The van der Waals surface area contributed by atoms with Crippen LogP contribution < -0.4 is 9.80 Å². The molecule has 1 saturated carbocycles. The summed E-state index contributed by atoms with van der Waals surface area (Å²) in [6.07, 6.45) is 6.58. The Bertz CT molecular complexity index is 1650. The number of imide groups is 1. The van der Waals surface area contributed by atoms with E-state index in [2.05, 4.69) is 15.1 Å². The quantitative estimate of drug-likeness (QED) is 0.271. The zero-order valence-corrected chi connectivity index (χ0v) is 22.6. The van der Waals surface area contributed by atoms with E-state index in [9.17, 15) is 14.4 Å². The molecule has 4 aromatic rings. The Kier molecular flexibility index (Phi) is 5.72. The van der Waals surface area contributed by atoms with E-state index in [0.717, 1.165) is 23.3 Å². The molecule has 0 bridgehead atoms. The summed E-state index contributed by atoms with van der Waals surface area (Å²) < 4.78 is 8.93. The third kappa shape index (κ3) is 4.62. The van der Waals surface area contributed by atoms with E-state index in [-0.39, 0.29) is 29.9 Å². The van der Waals surface area contributed by atoms with E-state index in [1.807, 2.05) is 16.7 Å². The number of imidazole rings is 1. The fourth-order valence-electron chi connectivity index (χ4n) is 4.53. The van der Waals surface area contributed by atoms with Crippen LogP contribution in [0.3, 0.4) is 0 Å².